The van der Waals surface area contributed by atoms with Crippen molar-refractivity contribution >= 4 is 11.7 Å². The first kappa shape index (κ1) is 13.7. The molecule has 0 aliphatic carbocycles. The van der Waals surface area contributed by atoms with Gasteiger partial charge in [-0.2, -0.15) is 0 Å². The largest absolute Gasteiger partial charge is 0.481 e. The van der Waals surface area contributed by atoms with Gasteiger partial charge in [-0.25, -0.2) is 18.6 Å². The Hall–Kier alpha value is -2.32. The second-order valence-electron chi connectivity index (χ2n) is 2.99. The zero-order valence-electron chi connectivity index (χ0n) is 9.35. The van der Waals surface area contributed by atoms with Crippen LogP contribution in [0.15, 0.2) is 6.07 Å². The summed E-state index contributed by atoms with van der Waals surface area (Å²) in [5, 5.41) is 10.8. The van der Waals surface area contributed by atoms with Gasteiger partial charge in [0, 0.05) is 0 Å². The van der Waals surface area contributed by atoms with Crippen molar-refractivity contribution in [3.05, 3.63) is 27.4 Å². The van der Waals surface area contributed by atoms with Crippen molar-refractivity contribution in [3.63, 3.8) is 0 Å². The lowest BCUT2D eigenvalue weighted by Gasteiger charge is -2.08. The van der Waals surface area contributed by atoms with Gasteiger partial charge in [0.1, 0.15) is 5.69 Å². The fourth-order valence-corrected chi connectivity index (χ4v) is 1.24. The topological polar surface area (TPSA) is 91.6 Å². The van der Waals surface area contributed by atoms with Gasteiger partial charge in [-0.3, -0.25) is 10.1 Å². The molecule has 0 N–H and O–H groups in total. The first-order valence-corrected chi connectivity index (χ1v) is 4.52. The molecule has 1 rings (SSSR count). The van der Waals surface area contributed by atoms with Crippen LogP contribution in [0.2, 0.25) is 0 Å². The van der Waals surface area contributed by atoms with E-state index in [0.717, 1.165) is 20.3 Å². The van der Waals surface area contributed by atoms with Gasteiger partial charge in [0.25, 0.3) is 12.1 Å². The van der Waals surface area contributed by atoms with E-state index in [1.165, 1.54) is 0 Å². The molecule has 0 saturated carbocycles. The van der Waals surface area contributed by atoms with Crippen molar-refractivity contribution in [2.75, 3.05) is 14.2 Å². The summed E-state index contributed by atoms with van der Waals surface area (Å²) in [6.45, 7) is 0. The highest BCUT2D eigenvalue weighted by Gasteiger charge is 2.32. The molecule has 0 aliphatic rings. The molecular weight excluding hydrogens is 254 g/mol. The van der Waals surface area contributed by atoms with Crippen molar-refractivity contribution in [1.82, 2.24) is 4.98 Å². The summed E-state index contributed by atoms with van der Waals surface area (Å²) in [6.07, 6.45) is -3.17. The highest BCUT2D eigenvalue weighted by Crippen LogP contribution is 2.31. The standard InChI is InChI=1S/C9H8F2N2O5/c1-17-5-3-4(13(15)16)6(9(14)18-2)7(12-5)8(10)11/h3,8H,1-2H3. The van der Waals surface area contributed by atoms with E-state index in [9.17, 15) is 23.7 Å². The molecule has 0 spiro atoms. The number of halogens is 2. The number of nitrogens with zero attached hydrogens (tertiary/aromatic N) is 2. The minimum Gasteiger partial charge on any atom is -0.481 e. The SMILES string of the molecule is COC(=O)c1c([N+](=O)[O-])cc(OC)nc1C(F)F. The minimum atomic E-state index is -3.17. The van der Waals surface area contributed by atoms with E-state index in [2.05, 4.69) is 14.5 Å². The Balaban J connectivity index is 3.60. The lowest BCUT2D eigenvalue weighted by atomic mass is 10.1. The van der Waals surface area contributed by atoms with Crippen molar-refractivity contribution in [1.29, 1.82) is 0 Å². The maximum Gasteiger partial charge on any atom is 0.347 e. The molecule has 18 heavy (non-hydrogen) atoms. The Labute approximate surface area is 99.5 Å². The van der Waals surface area contributed by atoms with Crippen LogP contribution in [0.25, 0.3) is 0 Å². The number of methoxy groups -OCH3 is 2. The van der Waals surface area contributed by atoms with Crippen LogP contribution in [0.5, 0.6) is 5.88 Å². The molecule has 0 saturated heterocycles. The molecule has 9 heteroatoms. The highest BCUT2D eigenvalue weighted by atomic mass is 19.3. The molecule has 98 valence electrons. The first-order chi connectivity index (χ1) is 8.42. The maximum atomic E-state index is 12.7. The molecule has 0 aromatic carbocycles. The molecule has 1 heterocycles. The van der Waals surface area contributed by atoms with Crippen LogP contribution in [0.3, 0.4) is 0 Å². The molecular formula is C9H8F2N2O5. The summed E-state index contributed by atoms with van der Waals surface area (Å²) in [6, 6.07) is 0.776. The summed E-state index contributed by atoms with van der Waals surface area (Å²) in [5.74, 6) is -1.64. The van der Waals surface area contributed by atoms with Gasteiger partial charge in [0.05, 0.1) is 25.2 Å². The summed E-state index contributed by atoms with van der Waals surface area (Å²) in [4.78, 5) is 24.4. The Morgan fingerprint density at radius 2 is 2.11 bits per heavy atom. The van der Waals surface area contributed by atoms with Gasteiger partial charge in [0.2, 0.25) is 5.88 Å². The number of hydrogen-bond acceptors (Lipinski definition) is 6. The predicted octanol–water partition coefficient (Wildman–Crippen LogP) is 1.72. The second kappa shape index (κ2) is 5.34. The van der Waals surface area contributed by atoms with Crippen molar-refractivity contribution in [2.45, 2.75) is 6.43 Å². The zero-order valence-corrected chi connectivity index (χ0v) is 9.35. The molecule has 0 unspecified atom stereocenters. The number of carbonyl (C=O) groups excluding carboxylic acids is 1. The van der Waals surface area contributed by atoms with E-state index in [0.29, 0.717) is 0 Å². The van der Waals surface area contributed by atoms with E-state index >= 15 is 0 Å². The third-order valence-electron chi connectivity index (χ3n) is 2.01. The third-order valence-corrected chi connectivity index (χ3v) is 2.01. The van der Waals surface area contributed by atoms with E-state index in [4.69, 9.17) is 0 Å². The van der Waals surface area contributed by atoms with Gasteiger partial charge in [-0.1, -0.05) is 0 Å². The maximum absolute atomic E-state index is 12.7. The fourth-order valence-electron chi connectivity index (χ4n) is 1.24. The van der Waals surface area contributed by atoms with E-state index in [-0.39, 0.29) is 5.88 Å². The molecule has 1 aromatic heterocycles. The molecule has 0 aliphatic heterocycles. The van der Waals surface area contributed by atoms with Crippen LogP contribution in [0, 0.1) is 10.1 Å². The average molecular weight is 262 g/mol. The zero-order chi connectivity index (χ0) is 13.9. The Bertz CT molecular complexity index is 492. The number of esters is 1. The van der Waals surface area contributed by atoms with Gasteiger partial charge < -0.3 is 9.47 Å². The van der Waals surface area contributed by atoms with Gasteiger partial charge in [-0.05, 0) is 0 Å². The van der Waals surface area contributed by atoms with Crippen LogP contribution in [0.1, 0.15) is 22.5 Å². The quantitative estimate of drug-likeness (QED) is 0.466. The van der Waals surface area contributed by atoms with Crippen molar-refractivity contribution in [2.24, 2.45) is 0 Å². The summed E-state index contributed by atoms with van der Waals surface area (Å²) in [5.41, 5.74) is -2.77. The number of hydrogen-bond donors (Lipinski definition) is 0. The lowest BCUT2D eigenvalue weighted by molar-refractivity contribution is -0.385. The number of carbonyl (C=O) groups is 1. The number of ether oxygens (including phenoxy) is 2. The first-order valence-electron chi connectivity index (χ1n) is 4.52. The fraction of sp³-hybridized carbons (Fsp3) is 0.333. The number of nitro groups is 1. The minimum absolute atomic E-state index is 0.385. The van der Waals surface area contributed by atoms with Crippen LogP contribution >= 0.6 is 0 Å². The normalized spacial score (nSPS) is 10.3. The molecule has 1 aromatic rings. The Morgan fingerprint density at radius 3 is 2.50 bits per heavy atom. The summed E-state index contributed by atoms with van der Waals surface area (Å²) < 4.78 is 34.3. The van der Waals surface area contributed by atoms with Gasteiger partial charge in [-0.15, -0.1) is 0 Å². The second-order valence-corrected chi connectivity index (χ2v) is 2.99. The number of pyridine rings is 1. The summed E-state index contributed by atoms with van der Waals surface area (Å²) >= 11 is 0. The van der Waals surface area contributed by atoms with Crippen LogP contribution in [-0.2, 0) is 4.74 Å². The Morgan fingerprint density at radius 1 is 1.50 bits per heavy atom. The average Bonchev–Trinajstić information content (AvgIpc) is 2.35. The molecule has 0 amide bonds. The van der Waals surface area contributed by atoms with Crippen LogP contribution < -0.4 is 4.74 Å². The highest BCUT2D eigenvalue weighted by molar-refractivity contribution is 5.95. The van der Waals surface area contributed by atoms with E-state index < -0.39 is 34.3 Å². The van der Waals surface area contributed by atoms with E-state index in [1.54, 1.807) is 0 Å². The molecule has 7 nitrogen and oxygen atoms in total. The predicted molar refractivity (Wildman–Crippen MR) is 53.7 cm³/mol. The lowest BCUT2D eigenvalue weighted by Crippen LogP contribution is -2.12. The number of rotatable bonds is 4. The van der Waals surface area contributed by atoms with Crippen molar-refractivity contribution in [3.8, 4) is 5.88 Å². The third kappa shape index (κ3) is 2.50. The van der Waals surface area contributed by atoms with E-state index in [1.807, 2.05) is 0 Å². The Kier molecular flexibility index (Phi) is 4.08. The molecule has 0 atom stereocenters. The van der Waals surface area contributed by atoms with Crippen molar-refractivity contribution < 1.29 is 28.0 Å². The van der Waals surface area contributed by atoms with Gasteiger partial charge >= 0.3 is 5.97 Å². The molecule has 0 fully saturated rings. The number of alkyl halides is 2. The molecule has 0 radical (unpaired) electrons. The summed E-state index contributed by atoms with van der Waals surface area (Å²) in [7, 11) is 2.03. The van der Waals surface area contributed by atoms with Crippen LogP contribution in [0.4, 0.5) is 14.5 Å². The number of aromatic nitrogens is 1. The molecule has 0 bridgehead atoms. The van der Waals surface area contributed by atoms with Crippen LogP contribution in [-0.4, -0.2) is 30.1 Å². The smallest absolute Gasteiger partial charge is 0.347 e. The van der Waals surface area contributed by atoms with Gasteiger partial charge in [0.15, 0.2) is 5.56 Å². The monoisotopic (exact) mass is 262 g/mol.